The molecule has 4 N–H and O–H groups in total. The summed E-state index contributed by atoms with van der Waals surface area (Å²) < 4.78 is 0. The van der Waals surface area contributed by atoms with Gasteiger partial charge in [-0.2, -0.15) is 0 Å². The van der Waals surface area contributed by atoms with E-state index in [-0.39, 0.29) is 5.91 Å². The number of amides is 1. The highest BCUT2D eigenvalue weighted by atomic mass is 35.5. The van der Waals surface area contributed by atoms with E-state index < -0.39 is 0 Å². The Morgan fingerprint density at radius 2 is 1.95 bits per heavy atom. The highest BCUT2D eigenvalue weighted by Gasteiger charge is 2.07. The molecule has 100 valence electrons. The Bertz CT molecular complexity index is 548. The van der Waals surface area contributed by atoms with Crippen molar-refractivity contribution in [1.82, 2.24) is 10.3 Å². The van der Waals surface area contributed by atoms with Gasteiger partial charge < -0.3 is 16.0 Å². The Kier molecular flexibility index (Phi) is 4.60. The van der Waals surface area contributed by atoms with Crippen LogP contribution in [0.5, 0.6) is 0 Å². The van der Waals surface area contributed by atoms with E-state index in [0.29, 0.717) is 23.8 Å². The molecular weight excluding hydrogens is 262 g/mol. The summed E-state index contributed by atoms with van der Waals surface area (Å²) in [5.41, 5.74) is 8.21. The van der Waals surface area contributed by atoms with Gasteiger partial charge in [-0.25, -0.2) is 0 Å². The minimum atomic E-state index is -0.169. The Morgan fingerprint density at radius 3 is 2.53 bits per heavy atom. The van der Waals surface area contributed by atoms with Crippen molar-refractivity contribution in [1.29, 1.82) is 0 Å². The van der Waals surface area contributed by atoms with Gasteiger partial charge in [0.15, 0.2) is 0 Å². The lowest BCUT2D eigenvalue weighted by atomic mass is 10.1. The first kappa shape index (κ1) is 13.6. The van der Waals surface area contributed by atoms with E-state index in [0.717, 1.165) is 12.0 Å². The lowest BCUT2D eigenvalue weighted by Crippen LogP contribution is -2.23. The summed E-state index contributed by atoms with van der Waals surface area (Å²) >= 11 is 5.75. The van der Waals surface area contributed by atoms with Gasteiger partial charge in [0.25, 0.3) is 5.91 Å². The van der Waals surface area contributed by atoms with Crippen molar-refractivity contribution < 1.29 is 4.79 Å². The highest BCUT2D eigenvalue weighted by Crippen LogP contribution is 2.09. The molecule has 0 saturated heterocycles. The van der Waals surface area contributed by atoms with Crippen molar-refractivity contribution in [3.63, 3.8) is 0 Å². The first-order valence-electron chi connectivity index (χ1n) is 6.09. The highest BCUT2D eigenvalue weighted by molar-refractivity contribution is 6.30. The average Bonchev–Trinajstić information content (AvgIpc) is 2.85. The maximum Gasteiger partial charge on any atom is 0.268 e. The average molecular weight is 278 g/mol. The van der Waals surface area contributed by atoms with E-state index in [1.165, 1.54) is 5.56 Å². The second kappa shape index (κ2) is 6.41. The summed E-state index contributed by atoms with van der Waals surface area (Å²) in [4.78, 5) is 14.6. The van der Waals surface area contributed by atoms with Crippen LogP contribution in [0.1, 0.15) is 21.6 Å². The number of nitrogens with two attached hydrogens (primary N) is 1. The van der Waals surface area contributed by atoms with Crippen LogP contribution in [0.15, 0.2) is 36.5 Å². The predicted octanol–water partition coefficient (Wildman–Crippen LogP) is 2.10. The molecule has 1 aromatic heterocycles. The maximum atomic E-state index is 11.8. The van der Waals surface area contributed by atoms with Gasteiger partial charge in [0.1, 0.15) is 5.69 Å². The Hall–Kier alpha value is -1.78. The minimum Gasteiger partial charge on any atom is -0.356 e. The maximum absolute atomic E-state index is 11.8. The zero-order valence-corrected chi connectivity index (χ0v) is 11.2. The van der Waals surface area contributed by atoms with Crippen LogP contribution in [0, 0.1) is 0 Å². The molecule has 0 saturated carbocycles. The third kappa shape index (κ3) is 3.84. The number of hydrogen-bond donors (Lipinski definition) is 3. The second-order valence-electron chi connectivity index (χ2n) is 4.27. The molecule has 1 heterocycles. The molecule has 19 heavy (non-hydrogen) atoms. The van der Waals surface area contributed by atoms with Crippen molar-refractivity contribution in [2.45, 2.75) is 13.0 Å². The van der Waals surface area contributed by atoms with E-state index in [1.54, 1.807) is 12.3 Å². The van der Waals surface area contributed by atoms with E-state index >= 15 is 0 Å². The van der Waals surface area contributed by atoms with Crippen LogP contribution >= 0.6 is 11.6 Å². The van der Waals surface area contributed by atoms with Crippen molar-refractivity contribution in [3.8, 4) is 0 Å². The molecule has 0 aliphatic carbocycles. The third-order valence-corrected chi connectivity index (χ3v) is 3.02. The van der Waals surface area contributed by atoms with Crippen LogP contribution < -0.4 is 11.1 Å². The summed E-state index contributed by atoms with van der Waals surface area (Å²) in [6, 6.07) is 9.64. The standard InChI is InChI=1S/C14H16ClN3O/c15-12-7-13(17-9-12)14(19)18-8-11-3-1-10(2-4-11)5-6-16/h1-4,7,9,17H,5-6,8,16H2,(H,18,19). The van der Waals surface area contributed by atoms with E-state index in [4.69, 9.17) is 17.3 Å². The minimum absolute atomic E-state index is 0.169. The van der Waals surface area contributed by atoms with Gasteiger partial charge in [-0.05, 0) is 30.2 Å². The molecule has 0 bridgehead atoms. The van der Waals surface area contributed by atoms with Crippen LogP contribution in [0.4, 0.5) is 0 Å². The molecule has 0 atom stereocenters. The fourth-order valence-corrected chi connectivity index (χ4v) is 1.93. The number of aromatic nitrogens is 1. The molecule has 1 amide bonds. The van der Waals surface area contributed by atoms with Gasteiger partial charge >= 0.3 is 0 Å². The predicted molar refractivity (Wildman–Crippen MR) is 76.2 cm³/mol. The summed E-state index contributed by atoms with van der Waals surface area (Å²) in [5.74, 6) is -0.169. The topological polar surface area (TPSA) is 70.9 Å². The van der Waals surface area contributed by atoms with E-state index in [1.807, 2.05) is 24.3 Å². The van der Waals surface area contributed by atoms with E-state index in [2.05, 4.69) is 10.3 Å². The van der Waals surface area contributed by atoms with Crippen molar-refractivity contribution in [2.75, 3.05) is 6.54 Å². The molecule has 0 spiro atoms. The number of aromatic amines is 1. The Labute approximate surface area is 117 Å². The number of H-pyrrole nitrogens is 1. The third-order valence-electron chi connectivity index (χ3n) is 2.80. The lowest BCUT2D eigenvalue weighted by molar-refractivity contribution is 0.0946. The molecular formula is C14H16ClN3O. The van der Waals surface area contributed by atoms with Gasteiger partial charge in [0.05, 0.1) is 5.02 Å². The smallest absolute Gasteiger partial charge is 0.268 e. The van der Waals surface area contributed by atoms with E-state index in [9.17, 15) is 4.79 Å². The van der Waals surface area contributed by atoms with Crippen molar-refractivity contribution in [2.24, 2.45) is 5.73 Å². The molecule has 2 aromatic rings. The SMILES string of the molecule is NCCc1ccc(CNC(=O)c2cc(Cl)c[nH]2)cc1. The van der Waals surface area contributed by atoms with Gasteiger partial charge in [-0.1, -0.05) is 35.9 Å². The summed E-state index contributed by atoms with van der Waals surface area (Å²) in [5, 5.41) is 3.35. The number of nitrogens with one attached hydrogen (secondary N) is 2. The number of carbonyl (C=O) groups is 1. The number of benzene rings is 1. The summed E-state index contributed by atoms with van der Waals surface area (Å²) in [6.45, 7) is 1.13. The van der Waals surface area contributed by atoms with Crippen molar-refractivity contribution in [3.05, 3.63) is 58.4 Å². The van der Waals surface area contributed by atoms with Gasteiger partial charge in [0.2, 0.25) is 0 Å². The summed E-state index contributed by atoms with van der Waals surface area (Å²) in [7, 11) is 0. The number of rotatable bonds is 5. The first-order valence-corrected chi connectivity index (χ1v) is 6.47. The Balaban J connectivity index is 1.89. The fraction of sp³-hybridized carbons (Fsp3) is 0.214. The number of carbonyl (C=O) groups excluding carboxylic acids is 1. The van der Waals surface area contributed by atoms with Crippen LogP contribution in [-0.4, -0.2) is 17.4 Å². The fourth-order valence-electron chi connectivity index (χ4n) is 1.77. The van der Waals surface area contributed by atoms with Gasteiger partial charge in [-0.3, -0.25) is 4.79 Å². The van der Waals surface area contributed by atoms with Crippen LogP contribution in [-0.2, 0) is 13.0 Å². The molecule has 0 radical (unpaired) electrons. The van der Waals surface area contributed by atoms with Gasteiger partial charge in [0, 0.05) is 12.7 Å². The molecule has 2 rings (SSSR count). The first-order chi connectivity index (χ1) is 9.19. The zero-order chi connectivity index (χ0) is 13.7. The van der Waals surface area contributed by atoms with Crippen molar-refractivity contribution >= 4 is 17.5 Å². The lowest BCUT2D eigenvalue weighted by Gasteiger charge is -2.05. The quantitative estimate of drug-likeness (QED) is 0.783. The molecule has 4 nitrogen and oxygen atoms in total. The zero-order valence-electron chi connectivity index (χ0n) is 10.4. The molecule has 0 aliphatic rings. The normalized spacial score (nSPS) is 10.4. The summed E-state index contributed by atoms with van der Waals surface area (Å²) in [6.07, 6.45) is 2.45. The molecule has 5 heteroatoms. The van der Waals surface area contributed by atoms with Gasteiger partial charge in [-0.15, -0.1) is 0 Å². The number of hydrogen-bond acceptors (Lipinski definition) is 2. The van der Waals surface area contributed by atoms with Crippen LogP contribution in [0.25, 0.3) is 0 Å². The molecule has 0 aliphatic heterocycles. The largest absolute Gasteiger partial charge is 0.356 e. The van der Waals surface area contributed by atoms with Crippen LogP contribution in [0.2, 0.25) is 5.02 Å². The molecule has 0 fully saturated rings. The molecule has 1 aromatic carbocycles. The monoisotopic (exact) mass is 277 g/mol. The Morgan fingerprint density at radius 1 is 1.26 bits per heavy atom. The number of halogens is 1. The molecule has 0 unspecified atom stereocenters. The van der Waals surface area contributed by atoms with Crippen LogP contribution in [0.3, 0.4) is 0 Å². The second-order valence-corrected chi connectivity index (χ2v) is 4.71.